The molecule has 3 aromatic carbocycles. The summed E-state index contributed by atoms with van der Waals surface area (Å²) in [6, 6.07) is 19.7. The van der Waals surface area contributed by atoms with E-state index in [4.69, 9.17) is 4.99 Å². The molecule has 34 heavy (non-hydrogen) atoms. The zero-order chi connectivity index (χ0) is 23.6. The SMILES string of the molecule is Cc1cc2c3c(c1)C(c1ccccc1)=N[C@@H](n1c(C)nc4cccc(C)c4c1=O)C(=O)N3CC2. The van der Waals surface area contributed by atoms with Gasteiger partial charge in [-0.1, -0.05) is 54.1 Å². The predicted molar refractivity (Wildman–Crippen MR) is 134 cm³/mol. The Hall–Kier alpha value is -4.06. The first-order valence-electron chi connectivity index (χ1n) is 11.5. The molecule has 0 saturated heterocycles. The van der Waals surface area contributed by atoms with Gasteiger partial charge in [-0.25, -0.2) is 9.98 Å². The Morgan fingerprint density at radius 3 is 2.53 bits per heavy atom. The van der Waals surface area contributed by atoms with Crippen LogP contribution >= 0.6 is 0 Å². The molecule has 4 aromatic rings. The average Bonchev–Trinajstić information content (AvgIpc) is 3.19. The number of anilines is 1. The average molecular weight is 449 g/mol. The number of carbonyl (C=O) groups excluding carboxylic acids is 1. The molecule has 0 fully saturated rings. The molecule has 2 aliphatic rings. The van der Waals surface area contributed by atoms with Crippen LogP contribution in [0.25, 0.3) is 10.9 Å². The molecule has 0 spiro atoms. The van der Waals surface area contributed by atoms with Gasteiger partial charge in [-0.15, -0.1) is 0 Å². The van der Waals surface area contributed by atoms with Crippen molar-refractivity contribution in [2.24, 2.45) is 4.99 Å². The smallest absolute Gasteiger partial charge is 0.272 e. The molecule has 6 heteroatoms. The van der Waals surface area contributed by atoms with Crippen molar-refractivity contribution in [3.8, 4) is 0 Å². The van der Waals surface area contributed by atoms with E-state index < -0.39 is 6.17 Å². The number of hydrogen-bond donors (Lipinski definition) is 0. The molecule has 2 aliphatic heterocycles. The number of benzene rings is 3. The molecule has 168 valence electrons. The largest absolute Gasteiger partial charge is 0.308 e. The van der Waals surface area contributed by atoms with Gasteiger partial charge in [0.2, 0.25) is 6.17 Å². The lowest BCUT2D eigenvalue weighted by atomic mass is 9.96. The fraction of sp³-hybridized carbons (Fsp3) is 0.214. The summed E-state index contributed by atoms with van der Waals surface area (Å²) >= 11 is 0. The molecule has 6 nitrogen and oxygen atoms in total. The number of aromatic nitrogens is 2. The summed E-state index contributed by atoms with van der Waals surface area (Å²) in [5.74, 6) is 0.272. The van der Waals surface area contributed by atoms with E-state index in [-0.39, 0.29) is 11.5 Å². The van der Waals surface area contributed by atoms with Crippen molar-refractivity contribution in [1.29, 1.82) is 0 Å². The van der Waals surface area contributed by atoms with Gasteiger partial charge < -0.3 is 4.90 Å². The second-order valence-corrected chi connectivity index (χ2v) is 9.08. The van der Waals surface area contributed by atoms with E-state index in [1.165, 1.54) is 4.57 Å². The molecule has 1 amide bonds. The molecule has 1 aromatic heterocycles. The van der Waals surface area contributed by atoms with Gasteiger partial charge in [0.05, 0.1) is 22.3 Å². The molecule has 3 heterocycles. The molecule has 0 N–H and O–H groups in total. The van der Waals surface area contributed by atoms with Crippen molar-refractivity contribution in [2.45, 2.75) is 33.4 Å². The summed E-state index contributed by atoms with van der Waals surface area (Å²) in [6.45, 7) is 6.30. The summed E-state index contributed by atoms with van der Waals surface area (Å²) in [5, 5.41) is 0.525. The van der Waals surface area contributed by atoms with Gasteiger partial charge in [-0.3, -0.25) is 14.2 Å². The Kier molecular flexibility index (Phi) is 4.52. The Morgan fingerprint density at radius 1 is 0.941 bits per heavy atom. The zero-order valence-electron chi connectivity index (χ0n) is 19.4. The van der Waals surface area contributed by atoms with Gasteiger partial charge in [-0.2, -0.15) is 0 Å². The minimum Gasteiger partial charge on any atom is -0.308 e. The van der Waals surface area contributed by atoms with Gasteiger partial charge in [0.15, 0.2) is 0 Å². The number of amides is 1. The summed E-state index contributed by atoms with van der Waals surface area (Å²) in [6.07, 6.45) is -0.245. The third kappa shape index (κ3) is 2.95. The normalized spacial score (nSPS) is 17.0. The Labute approximate surface area is 197 Å². The Balaban J connectivity index is 1.68. The highest BCUT2D eigenvalue weighted by Crippen LogP contribution is 2.39. The topological polar surface area (TPSA) is 67.6 Å². The minimum absolute atomic E-state index is 0.199. The van der Waals surface area contributed by atoms with Crippen molar-refractivity contribution in [3.63, 3.8) is 0 Å². The second-order valence-electron chi connectivity index (χ2n) is 9.08. The number of carbonyl (C=O) groups is 1. The maximum Gasteiger partial charge on any atom is 0.272 e. The monoisotopic (exact) mass is 448 g/mol. The van der Waals surface area contributed by atoms with Gasteiger partial charge >= 0.3 is 0 Å². The standard InChI is InChI=1S/C28H24N4O2/c1-16-14-20-12-13-31-25(20)21(15-16)24(19-9-5-4-6-10-19)30-26(28(31)34)32-18(3)29-22-11-7-8-17(2)23(22)27(32)33/h4-11,14-15,26H,12-13H2,1-3H3/t26-/m0/s1. The lowest BCUT2D eigenvalue weighted by molar-refractivity contribution is -0.121. The summed E-state index contributed by atoms with van der Waals surface area (Å²) in [7, 11) is 0. The van der Waals surface area contributed by atoms with Crippen LogP contribution in [0.1, 0.15) is 39.8 Å². The maximum atomic E-state index is 14.0. The van der Waals surface area contributed by atoms with Crippen molar-refractivity contribution in [3.05, 3.63) is 105 Å². The van der Waals surface area contributed by atoms with E-state index in [1.807, 2.05) is 60.4 Å². The third-order valence-electron chi connectivity index (χ3n) is 6.81. The van der Waals surface area contributed by atoms with Crippen LogP contribution in [-0.2, 0) is 11.2 Å². The summed E-state index contributed by atoms with van der Waals surface area (Å²) in [5.41, 5.74) is 6.98. The zero-order valence-corrected chi connectivity index (χ0v) is 19.4. The highest BCUT2D eigenvalue weighted by molar-refractivity contribution is 6.20. The van der Waals surface area contributed by atoms with Crippen LogP contribution < -0.4 is 10.5 Å². The Bertz CT molecular complexity index is 1580. The molecular formula is C28H24N4O2. The van der Waals surface area contributed by atoms with Crippen molar-refractivity contribution < 1.29 is 4.79 Å². The molecule has 0 saturated carbocycles. The van der Waals surface area contributed by atoms with Crippen LogP contribution in [0.5, 0.6) is 0 Å². The number of rotatable bonds is 2. The molecule has 0 bridgehead atoms. The fourth-order valence-electron chi connectivity index (χ4n) is 5.30. The highest BCUT2D eigenvalue weighted by Gasteiger charge is 2.38. The van der Waals surface area contributed by atoms with E-state index in [0.29, 0.717) is 23.3 Å². The van der Waals surface area contributed by atoms with Crippen molar-refractivity contribution >= 4 is 28.2 Å². The van der Waals surface area contributed by atoms with E-state index in [9.17, 15) is 9.59 Å². The van der Waals surface area contributed by atoms with Crippen LogP contribution in [-0.4, -0.2) is 27.7 Å². The van der Waals surface area contributed by atoms with E-state index in [0.717, 1.165) is 45.6 Å². The first-order chi connectivity index (χ1) is 16.4. The third-order valence-corrected chi connectivity index (χ3v) is 6.81. The minimum atomic E-state index is -1.03. The number of aliphatic imine (C=N–C) groups is 1. The first kappa shape index (κ1) is 20.5. The first-order valence-corrected chi connectivity index (χ1v) is 11.5. The van der Waals surface area contributed by atoms with Gasteiger partial charge in [0, 0.05) is 17.7 Å². The van der Waals surface area contributed by atoms with Gasteiger partial charge in [0.25, 0.3) is 11.5 Å². The second kappa shape index (κ2) is 7.48. The number of nitrogens with zero attached hydrogens (tertiary/aromatic N) is 4. The van der Waals surface area contributed by atoms with Gasteiger partial charge in [0.1, 0.15) is 5.82 Å². The molecule has 6 rings (SSSR count). The maximum absolute atomic E-state index is 14.0. The molecule has 1 atom stereocenters. The van der Waals surface area contributed by atoms with E-state index >= 15 is 0 Å². The van der Waals surface area contributed by atoms with Crippen molar-refractivity contribution in [1.82, 2.24) is 9.55 Å². The lowest BCUT2D eigenvalue weighted by Crippen LogP contribution is -2.39. The van der Waals surface area contributed by atoms with Crippen molar-refractivity contribution in [2.75, 3.05) is 11.4 Å². The molecule has 0 aliphatic carbocycles. The van der Waals surface area contributed by atoms with Crippen LogP contribution in [0.4, 0.5) is 5.69 Å². The number of hydrogen-bond acceptors (Lipinski definition) is 4. The van der Waals surface area contributed by atoms with Crippen LogP contribution in [0, 0.1) is 20.8 Å². The highest BCUT2D eigenvalue weighted by atomic mass is 16.2. The van der Waals surface area contributed by atoms with Crippen LogP contribution in [0.3, 0.4) is 0 Å². The lowest BCUT2D eigenvalue weighted by Gasteiger charge is -2.23. The molecular weight excluding hydrogens is 424 g/mol. The van der Waals surface area contributed by atoms with E-state index in [2.05, 4.69) is 24.0 Å². The quantitative estimate of drug-likeness (QED) is 0.460. The van der Waals surface area contributed by atoms with Crippen LogP contribution in [0.2, 0.25) is 0 Å². The summed E-state index contributed by atoms with van der Waals surface area (Å²) in [4.78, 5) is 39.3. The fourth-order valence-corrected chi connectivity index (χ4v) is 5.30. The number of fused-ring (bicyclic) bond motifs is 1. The molecule has 0 radical (unpaired) electrons. The predicted octanol–water partition coefficient (Wildman–Crippen LogP) is 4.26. The summed E-state index contributed by atoms with van der Waals surface area (Å²) < 4.78 is 1.47. The molecule has 0 unspecified atom stereocenters. The van der Waals surface area contributed by atoms with E-state index in [1.54, 1.807) is 6.92 Å². The number of aryl methyl sites for hydroxylation is 3. The Morgan fingerprint density at radius 2 is 1.74 bits per heavy atom. The van der Waals surface area contributed by atoms with Crippen LogP contribution in [0.15, 0.2) is 70.5 Å². The van der Waals surface area contributed by atoms with Gasteiger partial charge in [-0.05, 0) is 50.5 Å².